The molecule has 0 spiro atoms. The monoisotopic (exact) mass is 315 g/mol. The van der Waals surface area contributed by atoms with Crippen LogP contribution in [0.15, 0.2) is 30.9 Å². The summed E-state index contributed by atoms with van der Waals surface area (Å²) < 4.78 is 5.43. The van der Waals surface area contributed by atoms with Crippen molar-refractivity contribution < 1.29 is 4.74 Å². The van der Waals surface area contributed by atoms with Gasteiger partial charge >= 0.3 is 0 Å². The number of aromatic amines is 1. The van der Waals surface area contributed by atoms with Crippen LogP contribution in [-0.4, -0.2) is 46.2 Å². The first-order chi connectivity index (χ1) is 10.8. The van der Waals surface area contributed by atoms with Crippen LogP contribution in [0.4, 0.5) is 5.82 Å². The van der Waals surface area contributed by atoms with Gasteiger partial charge in [0, 0.05) is 31.0 Å². The zero-order valence-electron chi connectivity index (χ0n) is 11.8. The van der Waals surface area contributed by atoms with Gasteiger partial charge in [-0.2, -0.15) is 0 Å². The van der Waals surface area contributed by atoms with E-state index in [0.717, 1.165) is 41.1 Å². The van der Waals surface area contributed by atoms with E-state index in [1.807, 2.05) is 18.3 Å². The van der Waals surface area contributed by atoms with Gasteiger partial charge in [0.15, 0.2) is 0 Å². The normalized spacial score (nSPS) is 15.4. The second-order valence-corrected chi connectivity index (χ2v) is 5.48. The number of morpholine rings is 1. The number of pyridine rings is 1. The molecule has 4 rings (SSSR count). The molecule has 7 heteroatoms. The molecule has 3 aromatic heterocycles. The Morgan fingerprint density at radius 3 is 2.86 bits per heavy atom. The third-order valence-electron chi connectivity index (χ3n) is 3.80. The number of fused-ring (bicyclic) bond motifs is 1. The molecule has 1 aliphatic rings. The van der Waals surface area contributed by atoms with E-state index in [1.54, 1.807) is 12.5 Å². The zero-order chi connectivity index (χ0) is 14.9. The molecule has 0 bridgehead atoms. The van der Waals surface area contributed by atoms with Gasteiger partial charge in [-0.3, -0.25) is 0 Å². The van der Waals surface area contributed by atoms with Crippen molar-refractivity contribution in [2.75, 3.05) is 31.2 Å². The van der Waals surface area contributed by atoms with E-state index in [-0.39, 0.29) is 0 Å². The number of anilines is 1. The highest BCUT2D eigenvalue weighted by Crippen LogP contribution is 2.34. The molecule has 6 nitrogen and oxygen atoms in total. The van der Waals surface area contributed by atoms with Crippen LogP contribution in [0, 0.1) is 0 Å². The molecule has 0 aliphatic carbocycles. The summed E-state index contributed by atoms with van der Waals surface area (Å²) in [7, 11) is 0. The third-order valence-corrected chi connectivity index (χ3v) is 4.00. The first kappa shape index (κ1) is 13.5. The summed E-state index contributed by atoms with van der Waals surface area (Å²) in [4.78, 5) is 18.3. The van der Waals surface area contributed by atoms with Crippen molar-refractivity contribution in [3.63, 3.8) is 0 Å². The van der Waals surface area contributed by atoms with Gasteiger partial charge in [-0.25, -0.2) is 15.0 Å². The summed E-state index contributed by atoms with van der Waals surface area (Å²) in [5.41, 5.74) is 2.84. The lowest BCUT2D eigenvalue weighted by molar-refractivity contribution is 0.122. The Hall–Kier alpha value is -2.18. The quantitative estimate of drug-likeness (QED) is 0.736. The Balaban J connectivity index is 1.89. The van der Waals surface area contributed by atoms with Gasteiger partial charge in [-0.05, 0) is 17.7 Å². The van der Waals surface area contributed by atoms with E-state index in [0.29, 0.717) is 18.4 Å². The first-order valence-corrected chi connectivity index (χ1v) is 7.47. The molecular formula is C15H14ClN5O. The van der Waals surface area contributed by atoms with E-state index in [1.165, 1.54) is 0 Å². The minimum atomic E-state index is 0.469. The number of hydrogen-bond acceptors (Lipinski definition) is 5. The van der Waals surface area contributed by atoms with Crippen LogP contribution in [0.3, 0.4) is 0 Å². The molecule has 1 aliphatic heterocycles. The lowest BCUT2D eigenvalue weighted by atomic mass is 10.1. The van der Waals surface area contributed by atoms with Crippen molar-refractivity contribution in [2.45, 2.75) is 0 Å². The molecule has 0 saturated carbocycles. The fourth-order valence-electron chi connectivity index (χ4n) is 2.76. The van der Waals surface area contributed by atoms with Gasteiger partial charge < -0.3 is 14.6 Å². The second kappa shape index (κ2) is 5.55. The lowest BCUT2D eigenvalue weighted by Gasteiger charge is -2.28. The standard InChI is InChI=1S/C15H14ClN5O/c16-12-7-10(1-2-17-12)11-8-18-14-13(11)15(20-9-19-14)21-3-5-22-6-4-21/h1-2,7-9H,3-6H2,(H,18,19,20). The third kappa shape index (κ3) is 2.30. The SMILES string of the molecule is Clc1cc(-c2c[nH]c3ncnc(N4CCOCC4)c23)ccn1. The summed E-state index contributed by atoms with van der Waals surface area (Å²) in [5.74, 6) is 0.928. The van der Waals surface area contributed by atoms with Gasteiger partial charge in [0.25, 0.3) is 0 Å². The number of H-pyrrole nitrogens is 1. The van der Waals surface area contributed by atoms with E-state index in [4.69, 9.17) is 16.3 Å². The van der Waals surface area contributed by atoms with Crippen molar-refractivity contribution >= 4 is 28.5 Å². The van der Waals surface area contributed by atoms with Crippen molar-refractivity contribution in [1.82, 2.24) is 19.9 Å². The van der Waals surface area contributed by atoms with Gasteiger partial charge in [-0.1, -0.05) is 11.6 Å². The molecule has 0 atom stereocenters. The summed E-state index contributed by atoms with van der Waals surface area (Å²) in [5, 5.41) is 1.48. The first-order valence-electron chi connectivity index (χ1n) is 7.09. The van der Waals surface area contributed by atoms with Crippen LogP contribution in [-0.2, 0) is 4.74 Å². The number of halogens is 1. The molecule has 0 unspecified atom stereocenters. The lowest BCUT2D eigenvalue weighted by Crippen LogP contribution is -2.36. The molecule has 112 valence electrons. The van der Waals surface area contributed by atoms with Gasteiger partial charge in [-0.15, -0.1) is 0 Å². The summed E-state index contributed by atoms with van der Waals surface area (Å²) >= 11 is 6.02. The van der Waals surface area contributed by atoms with Crippen LogP contribution < -0.4 is 4.90 Å². The minimum absolute atomic E-state index is 0.469. The number of ether oxygens (including phenoxy) is 1. The molecular weight excluding hydrogens is 302 g/mol. The maximum absolute atomic E-state index is 6.02. The van der Waals surface area contributed by atoms with E-state index in [9.17, 15) is 0 Å². The fraction of sp³-hybridized carbons (Fsp3) is 0.267. The Labute approximate surface area is 132 Å². The fourth-order valence-corrected chi connectivity index (χ4v) is 2.93. The van der Waals surface area contributed by atoms with Crippen LogP contribution in [0.1, 0.15) is 0 Å². The molecule has 0 aromatic carbocycles. The number of nitrogens with one attached hydrogen (secondary N) is 1. The van der Waals surface area contributed by atoms with Gasteiger partial charge in [0.1, 0.15) is 22.9 Å². The van der Waals surface area contributed by atoms with Crippen LogP contribution in [0.5, 0.6) is 0 Å². The van der Waals surface area contributed by atoms with Crippen LogP contribution >= 0.6 is 11.6 Å². The minimum Gasteiger partial charge on any atom is -0.378 e. The van der Waals surface area contributed by atoms with Crippen LogP contribution in [0.25, 0.3) is 22.2 Å². The van der Waals surface area contributed by atoms with Gasteiger partial charge in [0.05, 0.1) is 18.6 Å². The predicted octanol–water partition coefficient (Wildman–Crippen LogP) is 2.51. The Kier molecular flexibility index (Phi) is 3.40. The summed E-state index contributed by atoms with van der Waals surface area (Å²) in [6, 6.07) is 3.78. The van der Waals surface area contributed by atoms with Crippen LogP contribution in [0.2, 0.25) is 5.15 Å². The Morgan fingerprint density at radius 1 is 1.18 bits per heavy atom. The highest BCUT2D eigenvalue weighted by Gasteiger charge is 2.19. The van der Waals surface area contributed by atoms with Crippen molar-refractivity contribution in [3.8, 4) is 11.1 Å². The highest BCUT2D eigenvalue weighted by atomic mass is 35.5. The topological polar surface area (TPSA) is 66.9 Å². The average Bonchev–Trinajstić information content (AvgIpc) is 3.00. The second-order valence-electron chi connectivity index (χ2n) is 5.09. The average molecular weight is 316 g/mol. The predicted molar refractivity (Wildman–Crippen MR) is 85.2 cm³/mol. The van der Waals surface area contributed by atoms with E-state index < -0.39 is 0 Å². The molecule has 4 heterocycles. The van der Waals surface area contributed by atoms with Crippen molar-refractivity contribution in [3.05, 3.63) is 36.0 Å². The number of hydrogen-bond donors (Lipinski definition) is 1. The maximum Gasteiger partial charge on any atom is 0.143 e. The summed E-state index contributed by atoms with van der Waals surface area (Å²) in [6.07, 6.45) is 5.23. The maximum atomic E-state index is 6.02. The zero-order valence-corrected chi connectivity index (χ0v) is 12.5. The summed E-state index contributed by atoms with van der Waals surface area (Å²) in [6.45, 7) is 3.08. The number of aromatic nitrogens is 4. The number of nitrogens with zero attached hydrogens (tertiary/aromatic N) is 4. The smallest absolute Gasteiger partial charge is 0.143 e. The van der Waals surface area contributed by atoms with Crippen molar-refractivity contribution in [1.29, 1.82) is 0 Å². The molecule has 0 radical (unpaired) electrons. The van der Waals surface area contributed by atoms with E-state index >= 15 is 0 Å². The number of rotatable bonds is 2. The molecule has 1 fully saturated rings. The Bertz CT molecular complexity index is 813. The molecule has 1 N–H and O–H groups in total. The largest absolute Gasteiger partial charge is 0.378 e. The van der Waals surface area contributed by atoms with Crippen molar-refractivity contribution in [2.24, 2.45) is 0 Å². The molecule has 22 heavy (non-hydrogen) atoms. The highest BCUT2D eigenvalue weighted by molar-refractivity contribution is 6.29. The Morgan fingerprint density at radius 2 is 2.05 bits per heavy atom. The molecule has 0 amide bonds. The van der Waals surface area contributed by atoms with Gasteiger partial charge in [0.2, 0.25) is 0 Å². The molecule has 1 saturated heterocycles. The van der Waals surface area contributed by atoms with E-state index in [2.05, 4.69) is 24.8 Å². The molecule has 3 aromatic rings.